The summed E-state index contributed by atoms with van der Waals surface area (Å²) in [6.07, 6.45) is -4.70. The van der Waals surface area contributed by atoms with Gasteiger partial charge in [-0.15, -0.1) is 0 Å². The minimum absolute atomic E-state index is 0.187. The fraction of sp³-hybridized carbons (Fsp3) is 0.500. The summed E-state index contributed by atoms with van der Waals surface area (Å²) in [5.74, 6) is -0.674. The van der Waals surface area contributed by atoms with E-state index in [1.165, 1.54) is 0 Å². The predicted molar refractivity (Wildman–Crippen MR) is 77.0 cm³/mol. The summed E-state index contributed by atoms with van der Waals surface area (Å²) in [4.78, 5) is 22.0. The summed E-state index contributed by atoms with van der Waals surface area (Å²) in [7, 11) is 1.16. The number of carbonyl (C=O) groups excluding carboxylic acids is 1. The van der Waals surface area contributed by atoms with E-state index in [-0.39, 0.29) is 5.69 Å². The molecule has 1 aromatic rings. The highest BCUT2D eigenvalue weighted by atomic mass is 19.4. The fourth-order valence-corrected chi connectivity index (χ4v) is 1.88. The zero-order chi connectivity index (χ0) is 18.0. The van der Waals surface area contributed by atoms with Crippen LogP contribution in [0.4, 0.5) is 24.5 Å². The second-order valence-corrected chi connectivity index (χ2v) is 5.95. The summed E-state index contributed by atoms with van der Waals surface area (Å²) in [5.41, 5.74) is -2.77. The molecule has 1 rings (SSSR count). The van der Waals surface area contributed by atoms with Crippen LogP contribution in [0.1, 0.15) is 26.3 Å². The maximum atomic E-state index is 12.7. The average molecular weight is 334 g/mol. The monoisotopic (exact) mass is 334 g/mol. The summed E-state index contributed by atoms with van der Waals surface area (Å²) < 4.78 is 42.7. The normalized spacial score (nSPS) is 13.3. The molecule has 23 heavy (non-hydrogen) atoms. The molecule has 0 aromatic heterocycles. The maximum absolute atomic E-state index is 12.7. The van der Waals surface area contributed by atoms with E-state index in [9.17, 15) is 28.1 Å². The number of rotatable bonds is 4. The van der Waals surface area contributed by atoms with Gasteiger partial charge in [-0.25, -0.2) is 4.79 Å². The molecule has 0 aliphatic heterocycles. The number of benzene rings is 1. The van der Waals surface area contributed by atoms with Gasteiger partial charge in [0.2, 0.25) is 0 Å². The van der Waals surface area contributed by atoms with Crippen LogP contribution >= 0.6 is 0 Å². The standard InChI is InChI=1S/C14H17F3N2O4/c1-13(2,3)11(12(20)23-4)18-9-6-5-8(14(15,16)17)7-10(9)19(21)22/h5-7,11,18H,1-4H3. The molecule has 9 heteroatoms. The van der Waals surface area contributed by atoms with Crippen molar-refractivity contribution in [3.63, 3.8) is 0 Å². The highest BCUT2D eigenvalue weighted by molar-refractivity contribution is 5.81. The first-order valence-electron chi connectivity index (χ1n) is 6.58. The molecule has 1 atom stereocenters. The van der Waals surface area contributed by atoms with E-state index >= 15 is 0 Å². The van der Waals surface area contributed by atoms with Crippen LogP contribution in [-0.4, -0.2) is 24.0 Å². The maximum Gasteiger partial charge on any atom is 0.416 e. The van der Waals surface area contributed by atoms with Crippen LogP contribution in [-0.2, 0) is 15.7 Å². The first kappa shape index (κ1) is 18.7. The van der Waals surface area contributed by atoms with Crippen molar-refractivity contribution in [2.45, 2.75) is 33.0 Å². The Hall–Kier alpha value is -2.32. The minimum Gasteiger partial charge on any atom is -0.467 e. The summed E-state index contributed by atoms with van der Waals surface area (Å²) in [5, 5.41) is 13.7. The van der Waals surface area contributed by atoms with Gasteiger partial charge >= 0.3 is 12.1 Å². The lowest BCUT2D eigenvalue weighted by Gasteiger charge is -2.29. The number of alkyl halides is 3. The van der Waals surface area contributed by atoms with E-state index in [2.05, 4.69) is 10.1 Å². The van der Waals surface area contributed by atoms with Gasteiger partial charge in [0.15, 0.2) is 0 Å². The highest BCUT2D eigenvalue weighted by Crippen LogP contribution is 2.36. The zero-order valence-corrected chi connectivity index (χ0v) is 13.0. The van der Waals surface area contributed by atoms with Gasteiger partial charge in [-0.05, 0) is 17.5 Å². The van der Waals surface area contributed by atoms with Crippen molar-refractivity contribution in [2.75, 3.05) is 12.4 Å². The molecule has 1 N–H and O–H groups in total. The number of hydrogen-bond donors (Lipinski definition) is 1. The first-order valence-corrected chi connectivity index (χ1v) is 6.58. The average Bonchev–Trinajstić information content (AvgIpc) is 2.41. The van der Waals surface area contributed by atoms with Crippen LogP contribution in [0.25, 0.3) is 0 Å². The number of nitrogens with one attached hydrogen (secondary N) is 1. The molecular formula is C14H17F3N2O4. The summed E-state index contributed by atoms with van der Waals surface area (Å²) in [6, 6.07) is 1.11. The number of halogens is 3. The van der Waals surface area contributed by atoms with Gasteiger partial charge in [-0.3, -0.25) is 10.1 Å². The number of nitro groups is 1. The zero-order valence-electron chi connectivity index (χ0n) is 13.0. The molecule has 128 valence electrons. The Morgan fingerprint density at radius 3 is 2.26 bits per heavy atom. The van der Waals surface area contributed by atoms with Crippen LogP contribution < -0.4 is 5.32 Å². The molecule has 0 radical (unpaired) electrons. The van der Waals surface area contributed by atoms with Crippen molar-refractivity contribution in [1.82, 2.24) is 0 Å². The highest BCUT2D eigenvalue weighted by Gasteiger charge is 2.36. The molecule has 0 bridgehead atoms. The van der Waals surface area contributed by atoms with Gasteiger partial charge in [0.05, 0.1) is 17.6 Å². The number of hydrogen-bond acceptors (Lipinski definition) is 5. The van der Waals surface area contributed by atoms with Crippen LogP contribution in [0.3, 0.4) is 0 Å². The Bertz CT molecular complexity index is 609. The van der Waals surface area contributed by atoms with Crippen molar-refractivity contribution in [2.24, 2.45) is 5.41 Å². The Balaban J connectivity index is 3.31. The second kappa shape index (κ2) is 6.43. The van der Waals surface area contributed by atoms with Crippen LogP contribution in [0.5, 0.6) is 0 Å². The summed E-state index contributed by atoms with van der Waals surface area (Å²) in [6.45, 7) is 5.08. The van der Waals surface area contributed by atoms with E-state index in [0.29, 0.717) is 12.1 Å². The molecule has 0 aliphatic rings. The van der Waals surface area contributed by atoms with Crippen LogP contribution in [0.15, 0.2) is 18.2 Å². The van der Waals surface area contributed by atoms with Gasteiger partial charge in [0.25, 0.3) is 5.69 Å². The van der Waals surface area contributed by atoms with E-state index in [1.54, 1.807) is 20.8 Å². The second-order valence-electron chi connectivity index (χ2n) is 5.95. The van der Waals surface area contributed by atoms with Crippen LogP contribution in [0, 0.1) is 15.5 Å². The Morgan fingerprint density at radius 2 is 1.87 bits per heavy atom. The van der Waals surface area contributed by atoms with Gasteiger partial charge in [-0.1, -0.05) is 20.8 Å². The van der Waals surface area contributed by atoms with Crippen molar-refractivity contribution >= 4 is 17.3 Å². The van der Waals surface area contributed by atoms with E-state index in [1.807, 2.05) is 0 Å². The molecule has 6 nitrogen and oxygen atoms in total. The number of nitrogens with zero attached hydrogens (tertiary/aromatic N) is 1. The fourth-order valence-electron chi connectivity index (χ4n) is 1.88. The van der Waals surface area contributed by atoms with Crippen LogP contribution in [0.2, 0.25) is 0 Å². The molecule has 1 unspecified atom stereocenters. The molecule has 1 aromatic carbocycles. The topological polar surface area (TPSA) is 81.5 Å². The van der Waals surface area contributed by atoms with Crippen molar-refractivity contribution in [1.29, 1.82) is 0 Å². The Kier molecular flexibility index (Phi) is 5.24. The largest absolute Gasteiger partial charge is 0.467 e. The number of ether oxygens (including phenoxy) is 1. The Morgan fingerprint density at radius 1 is 1.30 bits per heavy atom. The Labute approximate surface area is 130 Å². The minimum atomic E-state index is -4.70. The van der Waals surface area contributed by atoms with E-state index in [4.69, 9.17) is 0 Å². The summed E-state index contributed by atoms with van der Waals surface area (Å²) >= 11 is 0. The molecule has 0 aliphatic carbocycles. The number of esters is 1. The van der Waals surface area contributed by atoms with E-state index in [0.717, 1.165) is 13.2 Å². The van der Waals surface area contributed by atoms with Crippen molar-refractivity contribution < 1.29 is 27.6 Å². The van der Waals surface area contributed by atoms with Crippen molar-refractivity contribution in [3.05, 3.63) is 33.9 Å². The molecule has 0 spiro atoms. The lowest BCUT2D eigenvalue weighted by Crippen LogP contribution is -2.42. The number of methoxy groups -OCH3 is 1. The van der Waals surface area contributed by atoms with Crippen molar-refractivity contribution in [3.8, 4) is 0 Å². The number of anilines is 1. The molecular weight excluding hydrogens is 317 g/mol. The lowest BCUT2D eigenvalue weighted by molar-refractivity contribution is -0.384. The van der Waals surface area contributed by atoms with E-state index < -0.39 is 39.8 Å². The number of nitro benzene ring substituents is 1. The number of carbonyl (C=O) groups is 1. The quantitative estimate of drug-likeness (QED) is 0.517. The van der Waals surface area contributed by atoms with Gasteiger partial charge in [0.1, 0.15) is 11.7 Å². The SMILES string of the molecule is COC(=O)C(Nc1ccc(C(F)(F)F)cc1[N+](=O)[O-])C(C)(C)C. The lowest BCUT2D eigenvalue weighted by atomic mass is 9.86. The smallest absolute Gasteiger partial charge is 0.416 e. The third kappa shape index (κ3) is 4.57. The third-order valence-electron chi connectivity index (χ3n) is 3.12. The molecule has 0 amide bonds. The van der Waals surface area contributed by atoms with Gasteiger partial charge in [-0.2, -0.15) is 13.2 Å². The predicted octanol–water partition coefficient (Wildman–Crippen LogP) is 3.61. The third-order valence-corrected chi connectivity index (χ3v) is 3.12. The van der Waals surface area contributed by atoms with Gasteiger partial charge in [0, 0.05) is 6.07 Å². The van der Waals surface area contributed by atoms with Gasteiger partial charge < -0.3 is 10.1 Å². The first-order chi connectivity index (χ1) is 10.4. The molecule has 0 heterocycles. The molecule has 0 fully saturated rings. The molecule has 0 saturated heterocycles. The molecule has 0 saturated carbocycles.